The number of esters is 1. The predicted molar refractivity (Wildman–Crippen MR) is 103 cm³/mol. The van der Waals surface area contributed by atoms with E-state index in [4.69, 9.17) is 10.5 Å². The first-order valence-electron chi connectivity index (χ1n) is 8.29. The number of hydrogen-bond donors (Lipinski definition) is 2. The minimum absolute atomic E-state index is 0.266. The first-order chi connectivity index (χ1) is 13.0. The lowest BCUT2D eigenvalue weighted by molar-refractivity contribution is 0.0601. The molecule has 0 bridgehead atoms. The molecule has 27 heavy (non-hydrogen) atoms. The molecule has 7 heteroatoms. The Morgan fingerprint density at radius 2 is 1.78 bits per heavy atom. The number of aryl methyl sites for hydroxylation is 2. The van der Waals surface area contributed by atoms with Gasteiger partial charge in [-0.3, -0.25) is 0 Å². The van der Waals surface area contributed by atoms with Gasteiger partial charge in [0.1, 0.15) is 17.8 Å². The SMILES string of the molecule is COC(=O)c1ccc(Nc2ncnc(Oc3ccc(C)c(C)c3)c2N)cc1. The number of methoxy groups -OCH3 is 1. The van der Waals surface area contributed by atoms with E-state index in [1.807, 2.05) is 32.0 Å². The van der Waals surface area contributed by atoms with Gasteiger partial charge in [-0.2, -0.15) is 4.98 Å². The largest absolute Gasteiger partial charge is 0.465 e. The summed E-state index contributed by atoms with van der Waals surface area (Å²) in [5.74, 6) is 0.931. The average Bonchev–Trinajstić information content (AvgIpc) is 2.68. The Hall–Kier alpha value is -3.61. The smallest absolute Gasteiger partial charge is 0.337 e. The van der Waals surface area contributed by atoms with Gasteiger partial charge in [0.2, 0.25) is 5.88 Å². The zero-order valence-corrected chi connectivity index (χ0v) is 15.3. The highest BCUT2D eigenvalue weighted by Crippen LogP contribution is 2.31. The second kappa shape index (κ2) is 7.74. The lowest BCUT2D eigenvalue weighted by Gasteiger charge is -2.12. The number of carbonyl (C=O) groups excluding carboxylic acids is 1. The molecule has 0 saturated carbocycles. The number of nitrogens with two attached hydrogens (primary N) is 1. The van der Waals surface area contributed by atoms with Crippen LogP contribution in [0.1, 0.15) is 21.5 Å². The van der Waals surface area contributed by atoms with Crippen molar-refractivity contribution in [2.45, 2.75) is 13.8 Å². The summed E-state index contributed by atoms with van der Waals surface area (Å²) in [6.07, 6.45) is 1.37. The predicted octanol–water partition coefficient (Wildman–Crippen LogP) is 4.00. The number of rotatable bonds is 5. The van der Waals surface area contributed by atoms with E-state index in [2.05, 4.69) is 20.0 Å². The third-order valence-electron chi connectivity index (χ3n) is 4.11. The summed E-state index contributed by atoms with van der Waals surface area (Å²) in [5, 5.41) is 3.09. The molecule has 0 spiro atoms. The van der Waals surface area contributed by atoms with Crippen LogP contribution >= 0.6 is 0 Å². The third-order valence-corrected chi connectivity index (χ3v) is 4.11. The summed E-state index contributed by atoms with van der Waals surface area (Å²) in [5.41, 5.74) is 9.91. The number of nitrogen functional groups attached to an aromatic ring is 1. The van der Waals surface area contributed by atoms with E-state index in [1.165, 1.54) is 19.0 Å². The topological polar surface area (TPSA) is 99.4 Å². The van der Waals surface area contributed by atoms with Crippen LogP contribution in [0, 0.1) is 13.8 Å². The number of carbonyl (C=O) groups is 1. The van der Waals surface area contributed by atoms with Crippen LogP contribution in [-0.4, -0.2) is 23.0 Å². The van der Waals surface area contributed by atoms with Crippen molar-refractivity contribution in [3.8, 4) is 11.6 Å². The fraction of sp³-hybridized carbons (Fsp3) is 0.150. The summed E-state index contributed by atoms with van der Waals surface area (Å²) in [6.45, 7) is 4.04. The zero-order valence-electron chi connectivity index (χ0n) is 15.3. The Kier molecular flexibility index (Phi) is 5.21. The summed E-state index contributed by atoms with van der Waals surface area (Å²) in [6, 6.07) is 12.5. The summed E-state index contributed by atoms with van der Waals surface area (Å²) >= 11 is 0. The Labute approximate surface area is 157 Å². The summed E-state index contributed by atoms with van der Waals surface area (Å²) in [4.78, 5) is 19.8. The number of benzene rings is 2. The molecule has 0 amide bonds. The highest BCUT2D eigenvalue weighted by Gasteiger charge is 2.12. The molecule has 3 N–H and O–H groups in total. The standard InChI is InChI=1S/C20H20N4O3/c1-12-4-9-16(10-13(12)2)27-19-17(21)18(22-11-23-19)24-15-7-5-14(6-8-15)20(25)26-3/h4-11H,21H2,1-3H3,(H,22,23,24). The van der Waals surface area contributed by atoms with E-state index in [0.29, 0.717) is 22.8 Å². The summed E-state index contributed by atoms with van der Waals surface area (Å²) < 4.78 is 10.5. The Morgan fingerprint density at radius 3 is 2.44 bits per heavy atom. The molecule has 0 aliphatic carbocycles. The van der Waals surface area contributed by atoms with E-state index in [1.54, 1.807) is 24.3 Å². The van der Waals surface area contributed by atoms with Crippen LogP contribution in [0.25, 0.3) is 0 Å². The molecule has 1 aromatic heterocycles. The Balaban J connectivity index is 1.80. The van der Waals surface area contributed by atoms with Crippen LogP contribution < -0.4 is 15.8 Å². The van der Waals surface area contributed by atoms with Gasteiger partial charge in [-0.05, 0) is 61.4 Å². The van der Waals surface area contributed by atoms with Crippen molar-refractivity contribution < 1.29 is 14.3 Å². The molecule has 2 aromatic carbocycles. The van der Waals surface area contributed by atoms with E-state index in [0.717, 1.165) is 5.56 Å². The maximum absolute atomic E-state index is 11.5. The number of anilines is 3. The second-order valence-electron chi connectivity index (χ2n) is 5.98. The molecule has 3 aromatic rings. The molecule has 1 heterocycles. The van der Waals surface area contributed by atoms with Crippen LogP contribution in [0.15, 0.2) is 48.8 Å². The molecule has 0 unspecified atom stereocenters. The van der Waals surface area contributed by atoms with Gasteiger partial charge in [-0.25, -0.2) is 9.78 Å². The highest BCUT2D eigenvalue weighted by molar-refractivity contribution is 5.89. The van der Waals surface area contributed by atoms with E-state index in [-0.39, 0.29) is 11.6 Å². The van der Waals surface area contributed by atoms with Crippen molar-refractivity contribution in [1.29, 1.82) is 0 Å². The fourth-order valence-corrected chi connectivity index (χ4v) is 2.39. The maximum atomic E-state index is 11.5. The normalized spacial score (nSPS) is 10.3. The van der Waals surface area contributed by atoms with Gasteiger partial charge in [-0.15, -0.1) is 0 Å². The van der Waals surface area contributed by atoms with Crippen molar-refractivity contribution in [3.05, 3.63) is 65.5 Å². The first kappa shape index (κ1) is 18.2. The number of aromatic nitrogens is 2. The molecular formula is C20H20N4O3. The fourth-order valence-electron chi connectivity index (χ4n) is 2.39. The van der Waals surface area contributed by atoms with Crippen molar-refractivity contribution in [2.75, 3.05) is 18.2 Å². The third kappa shape index (κ3) is 4.14. The van der Waals surface area contributed by atoms with Gasteiger partial charge in [0.25, 0.3) is 0 Å². The average molecular weight is 364 g/mol. The van der Waals surface area contributed by atoms with Gasteiger partial charge in [0.15, 0.2) is 5.82 Å². The lowest BCUT2D eigenvalue weighted by atomic mass is 10.1. The maximum Gasteiger partial charge on any atom is 0.337 e. The van der Waals surface area contributed by atoms with Gasteiger partial charge in [-0.1, -0.05) is 6.07 Å². The Bertz CT molecular complexity index is 971. The molecule has 138 valence electrons. The molecule has 0 aliphatic heterocycles. The second-order valence-corrected chi connectivity index (χ2v) is 5.98. The van der Waals surface area contributed by atoms with Crippen LogP contribution in [0.2, 0.25) is 0 Å². The monoisotopic (exact) mass is 364 g/mol. The Morgan fingerprint density at radius 1 is 1.04 bits per heavy atom. The number of hydrogen-bond acceptors (Lipinski definition) is 7. The number of ether oxygens (including phenoxy) is 2. The quantitative estimate of drug-likeness (QED) is 0.660. The molecule has 0 radical (unpaired) electrons. The molecule has 3 rings (SSSR count). The molecule has 0 aliphatic rings. The molecule has 7 nitrogen and oxygen atoms in total. The van der Waals surface area contributed by atoms with E-state index >= 15 is 0 Å². The lowest BCUT2D eigenvalue weighted by Crippen LogP contribution is -2.04. The minimum Gasteiger partial charge on any atom is -0.465 e. The van der Waals surface area contributed by atoms with Crippen molar-refractivity contribution in [1.82, 2.24) is 9.97 Å². The van der Waals surface area contributed by atoms with Crippen molar-refractivity contribution in [2.24, 2.45) is 0 Å². The van der Waals surface area contributed by atoms with E-state index < -0.39 is 5.97 Å². The molecule has 0 fully saturated rings. The zero-order chi connectivity index (χ0) is 19.4. The minimum atomic E-state index is -0.396. The molecule has 0 atom stereocenters. The summed E-state index contributed by atoms with van der Waals surface area (Å²) in [7, 11) is 1.34. The van der Waals surface area contributed by atoms with Crippen molar-refractivity contribution >= 4 is 23.2 Å². The number of nitrogens with zero attached hydrogens (tertiary/aromatic N) is 2. The molecule has 0 saturated heterocycles. The van der Waals surface area contributed by atoms with Crippen molar-refractivity contribution in [3.63, 3.8) is 0 Å². The van der Waals surface area contributed by atoms with Crippen LogP contribution in [0.4, 0.5) is 17.2 Å². The van der Waals surface area contributed by atoms with E-state index in [9.17, 15) is 4.79 Å². The first-order valence-corrected chi connectivity index (χ1v) is 8.29. The van der Waals surface area contributed by atoms with Gasteiger partial charge < -0.3 is 20.5 Å². The number of nitrogens with one attached hydrogen (secondary N) is 1. The highest BCUT2D eigenvalue weighted by atomic mass is 16.5. The molecular weight excluding hydrogens is 344 g/mol. The van der Waals surface area contributed by atoms with Crippen LogP contribution in [-0.2, 0) is 4.74 Å². The van der Waals surface area contributed by atoms with Gasteiger partial charge >= 0.3 is 5.97 Å². The van der Waals surface area contributed by atoms with Gasteiger partial charge in [0, 0.05) is 5.69 Å². The van der Waals surface area contributed by atoms with Crippen LogP contribution in [0.3, 0.4) is 0 Å². The van der Waals surface area contributed by atoms with Crippen LogP contribution in [0.5, 0.6) is 11.6 Å². The van der Waals surface area contributed by atoms with Gasteiger partial charge in [0.05, 0.1) is 12.7 Å².